The predicted octanol–water partition coefficient (Wildman–Crippen LogP) is -0.155. The van der Waals surface area contributed by atoms with Crippen molar-refractivity contribution in [2.24, 2.45) is 29.2 Å². The van der Waals surface area contributed by atoms with Crippen molar-refractivity contribution in [2.45, 2.75) is 104 Å². The Hall–Kier alpha value is -2.73. The van der Waals surface area contributed by atoms with Gasteiger partial charge in [-0.15, -0.1) is 0 Å². The molecule has 0 aromatic heterocycles. The van der Waals surface area contributed by atoms with Crippen molar-refractivity contribution in [3.05, 3.63) is 0 Å². The number of nitrogens with one attached hydrogen (secondary N) is 4. The van der Waals surface area contributed by atoms with Gasteiger partial charge in [0.25, 0.3) is 0 Å². The first-order valence-corrected chi connectivity index (χ1v) is 13.1. The summed E-state index contributed by atoms with van der Waals surface area (Å²) in [5.74, 6) is -4.10. The third-order valence-electron chi connectivity index (χ3n) is 6.37. The fraction of sp³-hybridized carbons (Fsp3) is 0.800. The average Bonchev–Trinajstić information content (AvgIpc) is 2.83. The Morgan fingerprint density at radius 2 is 1.27 bits per heavy atom. The van der Waals surface area contributed by atoms with Gasteiger partial charge in [-0.05, 0) is 50.5 Å². The zero-order valence-corrected chi connectivity index (χ0v) is 23.3. The van der Waals surface area contributed by atoms with Crippen molar-refractivity contribution < 1.29 is 29.1 Å². The lowest BCUT2D eigenvalue weighted by Gasteiger charge is -2.29. The van der Waals surface area contributed by atoms with E-state index in [0.717, 1.165) is 0 Å². The third kappa shape index (κ3) is 11.9. The molecule has 0 saturated heterocycles. The molecule has 12 heteroatoms. The van der Waals surface area contributed by atoms with E-state index in [1.165, 1.54) is 6.92 Å². The summed E-state index contributed by atoms with van der Waals surface area (Å²) >= 11 is 0. The van der Waals surface area contributed by atoms with Crippen LogP contribution < -0.4 is 32.7 Å². The van der Waals surface area contributed by atoms with Gasteiger partial charge in [-0.3, -0.25) is 19.2 Å². The molecule has 4 amide bonds. The van der Waals surface area contributed by atoms with E-state index in [0.29, 0.717) is 25.8 Å². The monoisotopic (exact) mass is 528 g/mol. The summed E-state index contributed by atoms with van der Waals surface area (Å²) in [6, 6.07) is -4.83. The molecule has 214 valence electrons. The van der Waals surface area contributed by atoms with E-state index in [9.17, 15) is 29.1 Å². The van der Waals surface area contributed by atoms with Gasteiger partial charge in [0.05, 0.1) is 6.04 Å². The van der Waals surface area contributed by atoms with Crippen molar-refractivity contribution in [1.29, 1.82) is 0 Å². The second-order valence-electron chi connectivity index (χ2n) is 10.3. The van der Waals surface area contributed by atoms with E-state index >= 15 is 0 Å². The lowest BCUT2D eigenvalue weighted by Crippen LogP contribution is -2.60. The van der Waals surface area contributed by atoms with Crippen LogP contribution in [0.4, 0.5) is 0 Å². The molecule has 0 unspecified atom stereocenters. The van der Waals surface area contributed by atoms with Gasteiger partial charge < -0.3 is 37.8 Å². The zero-order chi connectivity index (χ0) is 28.9. The molecule has 0 fully saturated rings. The Kier molecular flexibility index (Phi) is 15.7. The van der Waals surface area contributed by atoms with Gasteiger partial charge in [0.1, 0.15) is 24.2 Å². The number of hydrogen-bond acceptors (Lipinski definition) is 7. The second-order valence-corrected chi connectivity index (χ2v) is 10.3. The Labute approximate surface area is 220 Å². The van der Waals surface area contributed by atoms with Crippen LogP contribution in [0.25, 0.3) is 0 Å². The molecule has 37 heavy (non-hydrogen) atoms. The highest BCUT2D eigenvalue weighted by atomic mass is 16.4. The number of unbranched alkanes of at least 4 members (excludes halogenated alkanes) is 1. The van der Waals surface area contributed by atoms with Crippen molar-refractivity contribution in [3.8, 4) is 0 Å². The first-order chi connectivity index (χ1) is 17.2. The average molecular weight is 529 g/mol. The molecule has 9 N–H and O–H groups in total. The molecule has 0 aromatic rings. The normalized spacial score (nSPS) is 16.2. The van der Waals surface area contributed by atoms with E-state index in [1.807, 2.05) is 6.92 Å². The molecule has 6 atom stereocenters. The number of nitrogens with two attached hydrogens (primary N) is 2. The molecule has 0 rings (SSSR count). The molecular weight excluding hydrogens is 480 g/mol. The topological polar surface area (TPSA) is 206 Å². The van der Waals surface area contributed by atoms with Crippen LogP contribution in [0.3, 0.4) is 0 Å². The van der Waals surface area contributed by atoms with Crippen molar-refractivity contribution in [3.63, 3.8) is 0 Å². The first kappa shape index (κ1) is 34.3. The molecule has 0 spiro atoms. The van der Waals surface area contributed by atoms with Crippen LogP contribution >= 0.6 is 0 Å². The van der Waals surface area contributed by atoms with Gasteiger partial charge >= 0.3 is 5.97 Å². The summed E-state index contributed by atoms with van der Waals surface area (Å²) in [5, 5.41) is 19.8. The summed E-state index contributed by atoms with van der Waals surface area (Å²) < 4.78 is 0. The molecule has 0 radical (unpaired) electrons. The van der Waals surface area contributed by atoms with Crippen LogP contribution in [-0.4, -0.2) is 71.5 Å². The van der Waals surface area contributed by atoms with E-state index in [4.69, 9.17) is 11.5 Å². The van der Waals surface area contributed by atoms with E-state index in [2.05, 4.69) is 21.3 Å². The van der Waals surface area contributed by atoms with Gasteiger partial charge in [-0.1, -0.05) is 48.0 Å². The van der Waals surface area contributed by atoms with Crippen LogP contribution in [0.1, 0.15) is 74.1 Å². The van der Waals surface area contributed by atoms with Gasteiger partial charge in [0.15, 0.2) is 0 Å². The predicted molar refractivity (Wildman–Crippen MR) is 141 cm³/mol. The minimum absolute atomic E-state index is 0.122. The third-order valence-corrected chi connectivity index (χ3v) is 6.37. The number of aliphatic carboxylic acids is 1. The number of hydrogen-bond donors (Lipinski definition) is 7. The maximum absolute atomic E-state index is 13.1. The molecule has 0 heterocycles. The molecule has 0 saturated carbocycles. The van der Waals surface area contributed by atoms with Gasteiger partial charge in [0.2, 0.25) is 23.6 Å². The summed E-state index contributed by atoms with van der Waals surface area (Å²) in [7, 11) is 0. The minimum Gasteiger partial charge on any atom is -0.480 e. The van der Waals surface area contributed by atoms with Crippen molar-refractivity contribution in [2.75, 3.05) is 6.54 Å². The van der Waals surface area contributed by atoms with Crippen LogP contribution in [0.2, 0.25) is 0 Å². The number of rotatable bonds is 17. The minimum atomic E-state index is -1.17. The second kappa shape index (κ2) is 16.9. The molecule has 0 aliphatic carbocycles. The smallest absolute Gasteiger partial charge is 0.326 e. The standard InChI is InChI=1S/C25H48N6O6/c1-8-15(6)20(31-23(34)19(14(4)5)30-22(33)18(27)13(2)3)24(35)28-16(7)21(32)29-17(25(36)37)11-9-10-12-26/h13-20H,8-12,26-27H2,1-7H3,(H,28,35)(H,29,32)(H,30,33)(H,31,34)(H,36,37)/t15-,16-,17-,18-,19-,20-/m0/s1. The molecule has 0 aromatic carbocycles. The number of amides is 4. The fourth-order valence-electron chi connectivity index (χ4n) is 3.45. The number of carboxylic acid groups (broad SMARTS) is 1. The summed E-state index contributed by atoms with van der Waals surface area (Å²) in [6.45, 7) is 12.6. The van der Waals surface area contributed by atoms with E-state index in [1.54, 1.807) is 34.6 Å². The van der Waals surface area contributed by atoms with E-state index < -0.39 is 59.8 Å². The Balaban J connectivity index is 5.42. The maximum Gasteiger partial charge on any atom is 0.326 e. The first-order valence-electron chi connectivity index (χ1n) is 13.1. The van der Waals surface area contributed by atoms with Gasteiger partial charge in [-0.25, -0.2) is 4.79 Å². The molecule has 0 aliphatic rings. The van der Waals surface area contributed by atoms with Crippen LogP contribution in [0.5, 0.6) is 0 Å². The Morgan fingerprint density at radius 1 is 0.730 bits per heavy atom. The maximum atomic E-state index is 13.1. The number of carboxylic acids is 1. The van der Waals surface area contributed by atoms with E-state index in [-0.39, 0.29) is 24.2 Å². The summed E-state index contributed by atoms with van der Waals surface area (Å²) in [5.41, 5.74) is 11.3. The highest BCUT2D eigenvalue weighted by Gasteiger charge is 2.33. The lowest BCUT2D eigenvalue weighted by molar-refractivity contribution is -0.142. The molecule has 0 aliphatic heterocycles. The van der Waals surface area contributed by atoms with Gasteiger partial charge in [0, 0.05) is 0 Å². The Morgan fingerprint density at radius 3 is 1.73 bits per heavy atom. The summed E-state index contributed by atoms with van der Waals surface area (Å²) in [4.78, 5) is 62.7. The lowest BCUT2D eigenvalue weighted by atomic mass is 9.95. The van der Waals surface area contributed by atoms with Crippen LogP contribution in [-0.2, 0) is 24.0 Å². The van der Waals surface area contributed by atoms with Crippen molar-refractivity contribution in [1.82, 2.24) is 21.3 Å². The number of carbonyl (C=O) groups is 5. The molecule has 12 nitrogen and oxygen atoms in total. The number of carbonyl (C=O) groups excluding carboxylic acids is 4. The molecular formula is C25H48N6O6. The largest absolute Gasteiger partial charge is 0.480 e. The van der Waals surface area contributed by atoms with Crippen molar-refractivity contribution >= 4 is 29.6 Å². The highest BCUT2D eigenvalue weighted by Crippen LogP contribution is 2.11. The molecule has 0 bridgehead atoms. The van der Waals surface area contributed by atoms with Crippen LogP contribution in [0.15, 0.2) is 0 Å². The fourth-order valence-corrected chi connectivity index (χ4v) is 3.45. The quantitative estimate of drug-likeness (QED) is 0.126. The van der Waals surface area contributed by atoms with Crippen LogP contribution in [0, 0.1) is 17.8 Å². The SMILES string of the molecule is CC[C@H](C)[C@H](NC(=O)[C@@H](NC(=O)[C@@H](N)C(C)C)C(C)C)C(=O)N[C@@H](C)C(=O)N[C@@H](CCCCN)C(=O)O. The highest BCUT2D eigenvalue weighted by molar-refractivity contribution is 5.95. The summed E-state index contributed by atoms with van der Waals surface area (Å²) in [6.07, 6.45) is 1.93. The zero-order valence-electron chi connectivity index (χ0n) is 23.3. The Bertz CT molecular complexity index is 775. The van der Waals surface area contributed by atoms with Gasteiger partial charge in [-0.2, -0.15) is 0 Å².